The highest BCUT2D eigenvalue weighted by atomic mass is 35.5. The van der Waals surface area contributed by atoms with E-state index in [1.165, 1.54) is 12.0 Å². The monoisotopic (exact) mass is 465 g/mol. The molecule has 1 atom stereocenters. The molecule has 3 aliphatic rings. The van der Waals surface area contributed by atoms with E-state index < -0.39 is 0 Å². The third kappa shape index (κ3) is 5.25. The van der Waals surface area contributed by atoms with Gasteiger partial charge in [-0.05, 0) is 74.0 Å². The number of halogens is 2. The first-order chi connectivity index (χ1) is 14.3. The number of ether oxygens (including phenoxy) is 2. The van der Waals surface area contributed by atoms with E-state index in [4.69, 9.17) is 9.47 Å². The molecule has 0 N–H and O–H groups in total. The molecule has 5 rings (SSSR count). The van der Waals surface area contributed by atoms with Crippen molar-refractivity contribution in [2.45, 2.75) is 25.7 Å². The number of hydrogen-bond acceptors (Lipinski definition) is 5. The van der Waals surface area contributed by atoms with Crippen molar-refractivity contribution in [1.82, 2.24) is 14.8 Å². The molecular formula is C23H29Cl2N3O3. The Kier molecular flexibility index (Phi) is 8.03. The predicted molar refractivity (Wildman–Crippen MR) is 124 cm³/mol. The summed E-state index contributed by atoms with van der Waals surface area (Å²) in [6.45, 7) is 5.23. The highest BCUT2D eigenvalue weighted by Crippen LogP contribution is 2.37. The summed E-state index contributed by atoms with van der Waals surface area (Å²) < 4.78 is 10.9. The molecule has 3 aliphatic heterocycles. The standard InChI is InChI=1S/C23H27N3O3.2ClH/c27-23-20-12-22-21(28-16-29-22)11-19(20)6-10-26(23)15-18-5-9-25(14-18)8-2-4-17-3-1-7-24-13-17;;/h1,3,7,11-13,18H,2,4-6,8-10,14-16H2;2*1H. The van der Waals surface area contributed by atoms with Crippen LogP contribution in [-0.2, 0) is 12.8 Å². The van der Waals surface area contributed by atoms with Crippen molar-refractivity contribution < 1.29 is 14.3 Å². The zero-order chi connectivity index (χ0) is 19.6. The van der Waals surface area contributed by atoms with E-state index in [0.717, 1.165) is 68.9 Å². The van der Waals surface area contributed by atoms with Crippen LogP contribution in [0.4, 0.5) is 0 Å². The van der Waals surface area contributed by atoms with Crippen LogP contribution in [0.1, 0.15) is 34.3 Å². The fraction of sp³-hybridized carbons (Fsp3) is 0.478. The molecule has 8 heteroatoms. The van der Waals surface area contributed by atoms with Crippen LogP contribution in [0.5, 0.6) is 11.5 Å². The van der Waals surface area contributed by atoms with Crippen LogP contribution < -0.4 is 9.47 Å². The van der Waals surface area contributed by atoms with Gasteiger partial charge < -0.3 is 19.3 Å². The summed E-state index contributed by atoms with van der Waals surface area (Å²) >= 11 is 0. The number of likely N-dealkylation sites (tertiary alicyclic amines) is 1. The predicted octanol–water partition coefficient (Wildman–Crippen LogP) is 3.61. The molecule has 1 aromatic carbocycles. The van der Waals surface area contributed by atoms with Gasteiger partial charge in [0.25, 0.3) is 5.91 Å². The van der Waals surface area contributed by atoms with Gasteiger partial charge in [0.1, 0.15) is 0 Å². The number of carbonyl (C=O) groups excluding carboxylic acids is 1. The number of aromatic nitrogens is 1. The normalized spacial score (nSPS) is 19.5. The van der Waals surface area contributed by atoms with Crippen molar-refractivity contribution in [1.29, 1.82) is 0 Å². The topological polar surface area (TPSA) is 54.9 Å². The van der Waals surface area contributed by atoms with Crippen molar-refractivity contribution in [2.24, 2.45) is 5.92 Å². The Balaban J connectivity index is 0.00000136. The number of nitrogens with zero attached hydrogens (tertiary/aromatic N) is 3. The molecule has 0 radical (unpaired) electrons. The maximum absolute atomic E-state index is 13.0. The second-order valence-electron chi connectivity index (χ2n) is 8.28. The van der Waals surface area contributed by atoms with Gasteiger partial charge in [0.15, 0.2) is 11.5 Å². The maximum atomic E-state index is 13.0. The molecule has 0 spiro atoms. The lowest BCUT2D eigenvalue weighted by Gasteiger charge is -2.31. The lowest BCUT2D eigenvalue weighted by atomic mass is 9.97. The van der Waals surface area contributed by atoms with E-state index in [2.05, 4.69) is 16.0 Å². The largest absolute Gasteiger partial charge is 0.454 e. The fourth-order valence-electron chi connectivity index (χ4n) is 4.72. The van der Waals surface area contributed by atoms with Crippen LogP contribution in [0.15, 0.2) is 36.7 Å². The van der Waals surface area contributed by atoms with Gasteiger partial charge in [-0.25, -0.2) is 0 Å². The Morgan fingerprint density at radius 3 is 2.77 bits per heavy atom. The number of benzene rings is 1. The zero-order valence-electron chi connectivity index (χ0n) is 17.5. The Morgan fingerprint density at radius 1 is 1.13 bits per heavy atom. The molecule has 1 fully saturated rings. The number of fused-ring (bicyclic) bond motifs is 2. The smallest absolute Gasteiger partial charge is 0.254 e. The van der Waals surface area contributed by atoms with Crippen LogP contribution in [0.3, 0.4) is 0 Å². The van der Waals surface area contributed by atoms with E-state index in [1.54, 1.807) is 0 Å². The average molecular weight is 466 g/mol. The average Bonchev–Trinajstić information content (AvgIpc) is 3.39. The number of amides is 1. The molecule has 31 heavy (non-hydrogen) atoms. The molecule has 168 valence electrons. The molecule has 4 heterocycles. The summed E-state index contributed by atoms with van der Waals surface area (Å²) in [6, 6.07) is 7.99. The zero-order valence-corrected chi connectivity index (χ0v) is 19.1. The summed E-state index contributed by atoms with van der Waals surface area (Å²) in [4.78, 5) is 21.8. The quantitative estimate of drug-likeness (QED) is 0.651. The third-order valence-corrected chi connectivity index (χ3v) is 6.28. The van der Waals surface area contributed by atoms with Gasteiger partial charge in [-0.3, -0.25) is 9.78 Å². The van der Waals surface area contributed by atoms with Crippen molar-refractivity contribution in [3.63, 3.8) is 0 Å². The van der Waals surface area contributed by atoms with E-state index in [0.29, 0.717) is 11.7 Å². The van der Waals surface area contributed by atoms with Gasteiger partial charge in [-0.2, -0.15) is 0 Å². The van der Waals surface area contributed by atoms with Crippen molar-refractivity contribution in [2.75, 3.05) is 39.5 Å². The highest BCUT2D eigenvalue weighted by molar-refractivity contribution is 5.97. The highest BCUT2D eigenvalue weighted by Gasteiger charge is 2.31. The lowest BCUT2D eigenvalue weighted by Crippen LogP contribution is -2.41. The molecule has 6 nitrogen and oxygen atoms in total. The number of hydrogen-bond donors (Lipinski definition) is 0. The van der Waals surface area contributed by atoms with Crippen LogP contribution in [0, 0.1) is 5.92 Å². The number of rotatable bonds is 6. The third-order valence-electron chi connectivity index (χ3n) is 6.28. The van der Waals surface area contributed by atoms with E-state index in [1.807, 2.05) is 35.5 Å². The molecule has 0 aliphatic carbocycles. The Bertz CT molecular complexity index is 897. The fourth-order valence-corrected chi connectivity index (χ4v) is 4.72. The van der Waals surface area contributed by atoms with Crippen LogP contribution in [0.2, 0.25) is 0 Å². The van der Waals surface area contributed by atoms with Gasteiger partial charge in [0.05, 0.1) is 0 Å². The summed E-state index contributed by atoms with van der Waals surface area (Å²) in [5.74, 6) is 2.16. The van der Waals surface area contributed by atoms with Crippen molar-refractivity contribution >= 4 is 30.7 Å². The summed E-state index contributed by atoms with van der Waals surface area (Å²) in [5, 5.41) is 0. The Labute approximate surface area is 195 Å². The summed E-state index contributed by atoms with van der Waals surface area (Å²) in [7, 11) is 0. The van der Waals surface area contributed by atoms with Gasteiger partial charge in [-0.15, -0.1) is 24.8 Å². The second-order valence-corrected chi connectivity index (χ2v) is 8.28. The lowest BCUT2D eigenvalue weighted by molar-refractivity contribution is 0.0712. The van der Waals surface area contributed by atoms with Crippen molar-refractivity contribution in [3.05, 3.63) is 53.3 Å². The van der Waals surface area contributed by atoms with Gasteiger partial charge in [-0.1, -0.05) is 6.07 Å². The first kappa shape index (κ1) is 23.6. The molecule has 1 unspecified atom stereocenters. The van der Waals surface area contributed by atoms with Crippen LogP contribution in [0.25, 0.3) is 0 Å². The molecular weight excluding hydrogens is 437 g/mol. The molecule has 1 amide bonds. The number of pyridine rings is 1. The van der Waals surface area contributed by atoms with Crippen LogP contribution in [-0.4, -0.2) is 60.2 Å². The first-order valence-corrected chi connectivity index (χ1v) is 10.6. The number of aryl methyl sites for hydroxylation is 1. The van der Waals surface area contributed by atoms with Crippen molar-refractivity contribution in [3.8, 4) is 11.5 Å². The van der Waals surface area contributed by atoms with Crippen LogP contribution >= 0.6 is 24.8 Å². The molecule has 2 aromatic rings. The van der Waals surface area contributed by atoms with Gasteiger partial charge in [0, 0.05) is 37.6 Å². The molecule has 1 saturated heterocycles. The Hall–Kier alpha value is -2.02. The minimum atomic E-state index is 0. The molecule has 0 saturated carbocycles. The first-order valence-electron chi connectivity index (χ1n) is 10.6. The van der Waals surface area contributed by atoms with E-state index >= 15 is 0 Å². The van der Waals surface area contributed by atoms with E-state index in [9.17, 15) is 4.79 Å². The molecule has 1 aromatic heterocycles. The second kappa shape index (κ2) is 10.5. The summed E-state index contributed by atoms with van der Waals surface area (Å²) in [5.41, 5.74) is 3.17. The Morgan fingerprint density at radius 2 is 1.97 bits per heavy atom. The van der Waals surface area contributed by atoms with Gasteiger partial charge in [0.2, 0.25) is 6.79 Å². The van der Waals surface area contributed by atoms with Gasteiger partial charge >= 0.3 is 0 Å². The maximum Gasteiger partial charge on any atom is 0.254 e. The minimum Gasteiger partial charge on any atom is -0.454 e. The summed E-state index contributed by atoms with van der Waals surface area (Å²) in [6.07, 6.45) is 8.07. The molecule has 0 bridgehead atoms. The number of carbonyl (C=O) groups is 1. The minimum absolute atomic E-state index is 0. The SMILES string of the molecule is Cl.Cl.O=C1c2cc3c(cc2CCN1CC1CCN(CCCc2cccnc2)C1)OCO3. The van der Waals surface area contributed by atoms with E-state index in [-0.39, 0.29) is 37.5 Å².